The first-order chi connectivity index (χ1) is 9.69. The molecule has 3 nitrogen and oxygen atoms in total. The molecule has 1 atom stereocenters. The molecule has 1 aliphatic rings. The Labute approximate surface area is 126 Å². The molecular formula is C16H23ClO3. The highest BCUT2D eigenvalue weighted by Crippen LogP contribution is 2.45. The molecule has 2 rings (SSSR count). The molecule has 0 aromatic heterocycles. The van der Waals surface area contributed by atoms with Crippen molar-refractivity contribution in [3.8, 4) is 17.2 Å². The van der Waals surface area contributed by atoms with Crippen LogP contribution < -0.4 is 14.2 Å². The van der Waals surface area contributed by atoms with Crippen LogP contribution in [0, 0.1) is 5.92 Å². The fourth-order valence-electron chi connectivity index (χ4n) is 3.00. The number of rotatable bonds is 6. The monoisotopic (exact) mass is 298 g/mol. The van der Waals surface area contributed by atoms with Crippen molar-refractivity contribution in [2.24, 2.45) is 5.92 Å². The number of alkyl halides is 1. The van der Waals surface area contributed by atoms with Gasteiger partial charge in [0.1, 0.15) is 17.2 Å². The summed E-state index contributed by atoms with van der Waals surface area (Å²) in [6, 6.07) is 3.73. The van der Waals surface area contributed by atoms with Crippen molar-refractivity contribution < 1.29 is 14.2 Å². The molecule has 0 saturated heterocycles. The zero-order valence-electron chi connectivity index (χ0n) is 12.4. The third kappa shape index (κ3) is 3.32. The van der Waals surface area contributed by atoms with Gasteiger partial charge in [-0.05, 0) is 12.3 Å². The second-order valence-electron chi connectivity index (χ2n) is 5.30. The first-order valence-corrected chi connectivity index (χ1v) is 7.57. The maximum atomic E-state index is 6.65. The summed E-state index contributed by atoms with van der Waals surface area (Å²) < 4.78 is 16.2. The third-order valence-corrected chi connectivity index (χ3v) is 4.48. The summed E-state index contributed by atoms with van der Waals surface area (Å²) in [5.74, 6) is 2.90. The molecule has 0 heterocycles. The Morgan fingerprint density at radius 2 is 1.60 bits per heavy atom. The molecule has 0 bridgehead atoms. The molecule has 20 heavy (non-hydrogen) atoms. The summed E-state index contributed by atoms with van der Waals surface area (Å²) in [6.45, 7) is 0. The molecule has 1 aromatic carbocycles. The molecule has 0 radical (unpaired) electrons. The molecule has 4 heteroatoms. The van der Waals surface area contributed by atoms with Gasteiger partial charge in [0.25, 0.3) is 0 Å². The highest BCUT2D eigenvalue weighted by atomic mass is 35.5. The van der Waals surface area contributed by atoms with Gasteiger partial charge >= 0.3 is 0 Å². The van der Waals surface area contributed by atoms with Crippen molar-refractivity contribution in [3.63, 3.8) is 0 Å². The summed E-state index contributed by atoms with van der Waals surface area (Å²) in [7, 11) is 4.93. The SMILES string of the molecule is COc1cc(OC)c(C(Cl)CC2CCCC2)c(OC)c1. The van der Waals surface area contributed by atoms with E-state index in [1.807, 2.05) is 12.1 Å². The number of benzene rings is 1. The van der Waals surface area contributed by atoms with E-state index in [0.29, 0.717) is 11.7 Å². The van der Waals surface area contributed by atoms with Gasteiger partial charge < -0.3 is 14.2 Å². The van der Waals surface area contributed by atoms with Crippen LogP contribution in [0.3, 0.4) is 0 Å². The van der Waals surface area contributed by atoms with E-state index in [1.54, 1.807) is 21.3 Å². The van der Waals surface area contributed by atoms with E-state index < -0.39 is 0 Å². The lowest BCUT2D eigenvalue weighted by Crippen LogP contribution is -2.04. The minimum absolute atomic E-state index is 0.0890. The number of methoxy groups -OCH3 is 3. The number of hydrogen-bond donors (Lipinski definition) is 0. The van der Waals surface area contributed by atoms with Crippen molar-refractivity contribution >= 4 is 11.6 Å². The van der Waals surface area contributed by atoms with Crippen LogP contribution in [0.25, 0.3) is 0 Å². The molecule has 0 aliphatic heterocycles. The van der Waals surface area contributed by atoms with Crippen molar-refractivity contribution in [1.82, 2.24) is 0 Å². The van der Waals surface area contributed by atoms with Gasteiger partial charge in [-0.15, -0.1) is 11.6 Å². The Morgan fingerprint density at radius 3 is 2.05 bits per heavy atom. The third-order valence-electron chi connectivity index (χ3n) is 4.08. The topological polar surface area (TPSA) is 27.7 Å². The molecule has 1 fully saturated rings. The van der Waals surface area contributed by atoms with Gasteiger partial charge in [0.15, 0.2) is 0 Å². The van der Waals surface area contributed by atoms with Gasteiger partial charge in [-0.3, -0.25) is 0 Å². The highest BCUT2D eigenvalue weighted by molar-refractivity contribution is 6.21. The number of hydrogen-bond acceptors (Lipinski definition) is 3. The second-order valence-corrected chi connectivity index (χ2v) is 5.83. The number of ether oxygens (including phenoxy) is 3. The molecule has 1 aromatic rings. The van der Waals surface area contributed by atoms with Crippen LogP contribution >= 0.6 is 11.6 Å². The van der Waals surface area contributed by atoms with E-state index in [1.165, 1.54) is 25.7 Å². The van der Waals surface area contributed by atoms with Gasteiger partial charge in [-0.2, -0.15) is 0 Å². The van der Waals surface area contributed by atoms with Crippen LogP contribution in [0.5, 0.6) is 17.2 Å². The molecule has 0 N–H and O–H groups in total. The van der Waals surface area contributed by atoms with E-state index in [2.05, 4.69) is 0 Å². The van der Waals surface area contributed by atoms with Gasteiger partial charge in [-0.25, -0.2) is 0 Å². The Morgan fingerprint density at radius 1 is 1.05 bits per heavy atom. The molecule has 0 amide bonds. The largest absolute Gasteiger partial charge is 0.496 e. The fraction of sp³-hybridized carbons (Fsp3) is 0.625. The van der Waals surface area contributed by atoms with Crippen molar-refractivity contribution in [1.29, 1.82) is 0 Å². The van der Waals surface area contributed by atoms with E-state index in [4.69, 9.17) is 25.8 Å². The maximum absolute atomic E-state index is 6.65. The summed E-state index contributed by atoms with van der Waals surface area (Å²) in [6.07, 6.45) is 6.19. The van der Waals surface area contributed by atoms with Gasteiger partial charge in [0, 0.05) is 12.1 Å². The Bertz CT molecular complexity index is 416. The average Bonchev–Trinajstić information content (AvgIpc) is 2.98. The lowest BCUT2D eigenvalue weighted by atomic mass is 9.96. The number of halogens is 1. The molecule has 0 spiro atoms. The Hall–Kier alpha value is -1.09. The van der Waals surface area contributed by atoms with E-state index >= 15 is 0 Å². The van der Waals surface area contributed by atoms with Crippen molar-refractivity contribution in [2.75, 3.05) is 21.3 Å². The Kier molecular flexibility index (Phi) is 5.41. The van der Waals surface area contributed by atoms with Gasteiger partial charge in [-0.1, -0.05) is 25.7 Å². The second kappa shape index (κ2) is 7.07. The van der Waals surface area contributed by atoms with Crippen molar-refractivity contribution in [2.45, 2.75) is 37.5 Å². The maximum Gasteiger partial charge on any atom is 0.130 e. The van der Waals surface area contributed by atoms with Crippen LogP contribution in [0.2, 0.25) is 0 Å². The van der Waals surface area contributed by atoms with Crippen molar-refractivity contribution in [3.05, 3.63) is 17.7 Å². The van der Waals surface area contributed by atoms with Gasteiger partial charge in [0.2, 0.25) is 0 Å². The van der Waals surface area contributed by atoms with E-state index in [0.717, 1.165) is 23.5 Å². The highest BCUT2D eigenvalue weighted by Gasteiger charge is 2.25. The smallest absolute Gasteiger partial charge is 0.130 e. The van der Waals surface area contributed by atoms with Crippen LogP contribution in [0.15, 0.2) is 12.1 Å². The molecule has 112 valence electrons. The van der Waals surface area contributed by atoms with E-state index in [-0.39, 0.29) is 5.38 Å². The van der Waals surface area contributed by atoms with Crippen LogP contribution in [0.4, 0.5) is 0 Å². The van der Waals surface area contributed by atoms with Gasteiger partial charge in [0.05, 0.1) is 32.3 Å². The van der Waals surface area contributed by atoms with Crippen LogP contribution in [-0.4, -0.2) is 21.3 Å². The zero-order chi connectivity index (χ0) is 14.5. The zero-order valence-corrected chi connectivity index (χ0v) is 13.2. The summed E-state index contributed by atoms with van der Waals surface area (Å²) in [5, 5.41) is -0.0890. The summed E-state index contributed by atoms with van der Waals surface area (Å²) in [4.78, 5) is 0. The van der Waals surface area contributed by atoms with Crippen LogP contribution in [-0.2, 0) is 0 Å². The first kappa shape index (κ1) is 15.3. The van der Waals surface area contributed by atoms with Crippen LogP contribution in [0.1, 0.15) is 43.0 Å². The average molecular weight is 299 g/mol. The standard InChI is InChI=1S/C16H23ClO3/c1-18-12-9-14(19-2)16(15(10-12)20-3)13(17)8-11-6-4-5-7-11/h9-11,13H,4-8H2,1-3H3. The molecule has 1 saturated carbocycles. The fourth-order valence-corrected chi connectivity index (χ4v) is 3.46. The normalized spacial score (nSPS) is 17.0. The predicted octanol–water partition coefficient (Wildman–Crippen LogP) is 4.57. The lowest BCUT2D eigenvalue weighted by Gasteiger charge is -2.20. The predicted molar refractivity (Wildman–Crippen MR) is 81.3 cm³/mol. The summed E-state index contributed by atoms with van der Waals surface area (Å²) in [5.41, 5.74) is 0.935. The lowest BCUT2D eigenvalue weighted by molar-refractivity contribution is 0.364. The minimum Gasteiger partial charge on any atom is -0.496 e. The molecular weight excluding hydrogens is 276 g/mol. The minimum atomic E-state index is -0.0890. The molecule has 1 aliphatic carbocycles. The molecule has 1 unspecified atom stereocenters. The summed E-state index contributed by atoms with van der Waals surface area (Å²) >= 11 is 6.65. The Balaban J connectivity index is 2.27. The quantitative estimate of drug-likeness (QED) is 0.720. The first-order valence-electron chi connectivity index (χ1n) is 7.13. The van der Waals surface area contributed by atoms with E-state index in [9.17, 15) is 0 Å².